The summed E-state index contributed by atoms with van der Waals surface area (Å²) in [5, 5.41) is 1.75. The van der Waals surface area contributed by atoms with Gasteiger partial charge in [0.1, 0.15) is 0 Å². The number of hydrogen-bond donors (Lipinski definition) is 0. The first-order valence-corrected chi connectivity index (χ1v) is 8.55. The van der Waals surface area contributed by atoms with Crippen molar-refractivity contribution in [2.24, 2.45) is 0 Å². The molecule has 0 unspecified atom stereocenters. The zero-order chi connectivity index (χ0) is 16.2. The van der Waals surface area contributed by atoms with Crippen molar-refractivity contribution in [3.05, 3.63) is 29.8 Å². The van der Waals surface area contributed by atoms with Crippen LogP contribution in [0.4, 0.5) is 5.69 Å². The molecule has 0 amide bonds. The first kappa shape index (κ1) is 19.1. The van der Waals surface area contributed by atoms with Crippen molar-refractivity contribution < 1.29 is 14.4 Å². The van der Waals surface area contributed by atoms with Crippen molar-refractivity contribution in [3.63, 3.8) is 0 Å². The van der Waals surface area contributed by atoms with Gasteiger partial charge in [-0.2, -0.15) is 0 Å². The number of rotatable bonds is 11. The topological polar surface area (TPSA) is 38.8 Å². The van der Waals surface area contributed by atoms with Gasteiger partial charge in [0.05, 0.1) is 25.4 Å². The molecule has 0 bridgehead atoms. The quantitative estimate of drug-likeness (QED) is 0.347. The Labute approximate surface area is 142 Å². The van der Waals surface area contributed by atoms with Crippen LogP contribution >= 0.6 is 23.2 Å². The molecule has 4 nitrogen and oxygen atoms in total. The molecule has 0 aliphatic heterocycles. The van der Waals surface area contributed by atoms with E-state index in [1.54, 1.807) is 5.06 Å². The minimum atomic E-state index is -0.137. The molecule has 0 saturated heterocycles. The van der Waals surface area contributed by atoms with Crippen molar-refractivity contribution in [1.82, 2.24) is 0 Å². The van der Waals surface area contributed by atoms with Gasteiger partial charge in [-0.1, -0.05) is 12.1 Å². The lowest BCUT2D eigenvalue weighted by molar-refractivity contribution is -0.143. The molecule has 0 saturated carbocycles. The number of alkyl halides is 2. The van der Waals surface area contributed by atoms with Crippen molar-refractivity contribution in [3.8, 4) is 0 Å². The third-order valence-corrected chi connectivity index (χ3v) is 3.31. The van der Waals surface area contributed by atoms with E-state index in [0.29, 0.717) is 37.9 Å². The van der Waals surface area contributed by atoms with E-state index in [4.69, 9.17) is 32.8 Å². The number of hydroxylamine groups is 1. The fourth-order valence-electron chi connectivity index (χ4n) is 1.99. The summed E-state index contributed by atoms with van der Waals surface area (Å²) in [6.45, 7) is 3.29. The molecule has 1 aromatic rings. The fourth-order valence-corrected chi connectivity index (χ4v) is 2.21. The number of carbonyl (C=O) groups excluding carboxylic acids is 1. The van der Waals surface area contributed by atoms with E-state index in [2.05, 4.69) is 0 Å². The molecule has 0 aliphatic rings. The summed E-state index contributed by atoms with van der Waals surface area (Å²) in [5.74, 6) is 0.774. The normalized spacial score (nSPS) is 10.5. The predicted molar refractivity (Wildman–Crippen MR) is 90.8 cm³/mol. The lowest BCUT2D eigenvalue weighted by Gasteiger charge is -2.22. The summed E-state index contributed by atoms with van der Waals surface area (Å²) in [4.78, 5) is 16.8. The van der Waals surface area contributed by atoms with E-state index >= 15 is 0 Å². The molecule has 0 aliphatic carbocycles. The standard InChI is InChI=1S/C16H23Cl2NO3/c1-2-21-16(20)5-3-4-14-6-8-15(9-7-14)19(12-10-17)22-13-11-18/h6-9H,2-5,10-13H2,1H3. The highest BCUT2D eigenvalue weighted by molar-refractivity contribution is 6.18. The maximum atomic E-state index is 11.3. The summed E-state index contributed by atoms with van der Waals surface area (Å²) >= 11 is 11.4. The van der Waals surface area contributed by atoms with Gasteiger partial charge in [0.15, 0.2) is 0 Å². The molecular formula is C16H23Cl2NO3. The van der Waals surface area contributed by atoms with Crippen LogP contribution in [0, 0.1) is 0 Å². The molecule has 0 radical (unpaired) electrons. The highest BCUT2D eigenvalue weighted by Gasteiger charge is 2.07. The van der Waals surface area contributed by atoms with Crippen LogP contribution < -0.4 is 5.06 Å². The van der Waals surface area contributed by atoms with Gasteiger partial charge in [0, 0.05) is 18.2 Å². The van der Waals surface area contributed by atoms with Gasteiger partial charge in [-0.25, -0.2) is 0 Å². The first-order chi connectivity index (χ1) is 10.7. The van der Waals surface area contributed by atoms with E-state index in [9.17, 15) is 4.79 Å². The molecule has 0 fully saturated rings. The zero-order valence-corrected chi connectivity index (χ0v) is 14.4. The molecule has 6 heteroatoms. The van der Waals surface area contributed by atoms with Gasteiger partial charge in [0.2, 0.25) is 0 Å². The number of hydrogen-bond acceptors (Lipinski definition) is 4. The average molecular weight is 348 g/mol. The number of esters is 1. The third-order valence-electron chi connectivity index (χ3n) is 2.99. The summed E-state index contributed by atoms with van der Waals surface area (Å²) < 4.78 is 4.91. The number of benzene rings is 1. The lowest BCUT2D eigenvalue weighted by atomic mass is 10.1. The molecular weight excluding hydrogens is 325 g/mol. The van der Waals surface area contributed by atoms with Crippen LogP contribution in [0.3, 0.4) is 0 Å². The number of carbonyl (C=O) groups is 1. The van der Waals surface area contributed by atoms with E-state index in [1.165, 1.54) is 5.56 Å². The molecule has 0 atom stereocenters. The Bertz CT molecular complexity index is 426. The Kier molecular flexibility index (Phi) is 10.0. The molecule has 1 rings (SSSR count). The van der Waals surface area contributed by atoms with Crippen LogP contribution in [-0.4, -0.2) is 37.5 Å². The summed E-state index contributed by atoms with van der Waals surface area (Å²) in [5.41, 5.74) is 2.12. The van der Waals surface area contributed by atoms with E-state index < -0.39 is 0 Å². The second-order valence-electron chi connectivity index (χ2n) is 4.64. The predicted octanol–water partition coefficient (Wildman–Crippen LogP) is 3.79. The molecule has 0 aromatic heterocycles. The summed E-state index contributed by atoms with van der Waals surface area (Å²) in [6.07, 6.45) is 2.08. The van der Waals surface area contributed by atoms with Crippen LogP contribution in [0.1, 0.15) is 25.3 Å². The van der Waals surface area contributed by atoms with Gasteiger partial charge in [-0.15, -0.1) is 23.2 Å². The second kappa shape index (κ2) is 11.6. The Morgan fingerprint density at radius 3 is 2.50 bits per heavy atom. The summed E-state index contributed by atoms with van der Waals surface area (Å²) in [6, 6.07) is 8.04. The highest BCUT2D eigenvalue weighted by Crippen LogP contribution is 2.17. The number of halogens is 2. The second-order valence-corrected chi connectivity index (χ2v) is 5.39. The summed E-state index contributed by atoms with van der Waals surface area (Å²) in [7, 11) is 0. The van der Waals surface area contributed by atoms with Crippen molar-refractivity contribution in [1.29, 1.82) is 0 Å². The van der Waals surface area contributed by atoms with Gasteiger partial charge < -0.3 is 4.74 Å². The van der Waals surface area contributed by atoms with Crippen LogP contribution in [-0.2, 0) is 20.8 Å². The first-order valence-electron chi connectivity index (χ1n) is 7.48. The van der Waals surface area contributed by atoms with Crippen LogP contribution in [0.2, 0.25) is 0 Å². The van der Waals surface area contributed by atoms with Gasteiger partial charge in [-0.05, 0) is 37.5 Å². The lowest BCUT2D eigenvalue weighted by Crippen LogP contribution is -2.26. The third kappa shape index (κ3) is 7.34. The van der Waals surface area contributed by atoms with E-state index in [1.807, 2.05) is 31.2 Å². The van der Waals surface area contributed by atoms with E-state index in [0.717, 1.165) is 18.5 Å². The maximum Gasteiger partial charge on any atom is 0.305 e. The van der Waals surface area contributed by atoms with Crippen LogP contribution in [0.5, 0.6) is 0 Å². The van der Waals surface area contributed by atoms with Crippen molar-refractivity contribution in [2.45, 2.75) is 26.2 Å². The Morgan fingerprint density at radius 2 is 1.91 bits per heavy atom. The molecule has 124 valence electrons. The minimum absolute atomic E-state index is 0.137. The Balaban J connectivity index is 2.48. The van der Waals surface area contributed by atoms with Crippen LogP contribution in [0.25, 0.3) is 0 Å². The Morgan fingerprint density at radius 1 is 1.18 bits per heavy atom. The highest BCUT2D eigenvalue weighted by atomic mass is 35.5. The fraction of sp³-hybridized carbons (Fsp3) is 0.562. The number of ether oxygens (including phenoxy) is 1. The largest absolute Gasteiger partial charge is 0.466 e. The molecule has 1 aromatic carbocycles. The Hall–Kier alpha value is -0.970. The molecule has 22 heavy (non-hydrogen) atoms. The van der Waals surface area contributed by atoms with Gasteiger partial charge in [0.25, 0.3) is 0 Å². The number of nitrogens with zero attached hydrogens (tertiary/aromatic N) is 1. The monoisotopic (exact) mass is 347 g/mol. The maximum absolute atomic E-state index is 11.3. The smallest absolute Gasteiger partial charge is 0.305 e. The van der Waals surface area contributed by atoms with Crippen LogP contribution in [0.15, 0.2) is 24.3 Å². The molecule has 0 N–H and O–H groups in total. The van der Waals surface area contributed by atoms with Gasteiger partial charge >= 0.3 is 5.97 Å². The van der Waals surface area contributed by atoms with Crippen molar-refractivity contribution >= 4 is 34.9 Å². The van der Waals surface area contributed by atoms with E-state index in [-0.39, 0.29) is 5.97 Å². The minimum Gasteiger partial charge on any atom is -0.466 e. The average Bonchev–Trinajstić information content (AvgIpc) is 2.52. The zero-order valence-electron chi connectivity index (χ0n) is 12.9. The SMILES string of the molecule is CCOC(=O)CCCc1ccc(N(CCCl)OCCCl)cc1. The molecule has 0 spiro atoms. The number of aryl methyl sites for hydroxylation is 1. The van der Waals surface area contributed by atoms with Gasteiger partial charge in [-0.3, -0.25) is 14.7 Å². The molecule has 0 heterocycles. The number of anilines is 1. The van der Waals surface area contributed by atoms with Crippen molar-refractivity contribution in [2.75, 3.05) is 36.6 Å².